The summed E-state index contributed by atoms with van der Waals surface area (Å²) in [5.41, 5.74) is 0. The minimum atomic E-state index is -0.0806. The molecule has 0 rings (SSSR count). The summed E-state index contributed by atoms with van der Waals surface area (Å²) in [6, 6.07) is 0. The normalized spacial score (nSPS) is 12.5. The molecule has 0 aromatic rings. The first-order chi connectivity index (χ1) is 19.8. The Hall–Kier alpha value is -1.22. The highest BCUT2D eigenvalue weighted by Gasteiger charge is 2.03. The first-order valence-electron chi connectivity index (χ1n) is 17.7. The standard InChI is InChI=1S/C37H68O3/c38-35-31-27-23-19-15-11-7-3-1-5-9-13-17-21-25-29-33-37(40)34-30-26-22-18-14-10-6-2-4-8-12-16-20-24-28-32-36-39/h1-4,35-37,40H,5-34H2. The lowest BCUT2D eigenvalue weighted by Crippen LogP contribution is -2.05. The van der Waals surface area contributed by atoms with Gasteiger partial charge in [0, 0.05) is 12.8 Å². The van der Waals surface area contributed by atoms with Crippen molar-refractivity contribution in [1.82, 2.24) is 0 Å². The molecule has 0 saturated heterocycles. The Morgan fingerprint density at radius 1 is 0.325 bits per heavy atom. The highest BCUT2D eigenvalue weighted by Crippen LogP contribution is 2.15. The molecule has 0 aromatic carbocycles. The van der Waals surface area contributed by atoms with E-state index in [2.05, 4.69) is 24.3 Å². The number of carbonyl (C=O) groups excluding carboxylic acids is 2. The zero-order valence-electron chi connectivity index (χ0n) is 26.5. The predicted molar refractivity (Wildman–Crippen MR) is 175 cm³/mol. The van der Waals surface area contributed by atoms with Crippen LogP contribution in [-0.4, -0.2) is 23.8 Å². The van der Waals surface area contributed by atoms with Gasteiger partial charge < -0.3 is 14.7 Å². The van der Waals surface area contributed by atoms with Crippen molar-refractivity contribution in [2.45, 2.75) is 199 Å². The lowest BCUT2D eigenvalue weighted by molar-refractivity contribution is -0.108. The second-order valence-corrected chi connectivity index (χ2v) is 12.0. The lowest BCUT2D eigenvalue weighted by atomic mass is 10.0. The van der Waals surface area contributed by atoms with Crippen LogP contribution in [-0.2, 0) is 9.59 Å². The molecular weight excluding hydrogens is 492 g/mol. The minimum absolute atomic E-state index is 0.0806. The number of allylic oxidation sites excluding steroid dienone is 4. The molecule has 0 saturated carbocycles. The maximum Gasteiger partial charge on any atom is 0.119 e. The van der Waals surface area contributed by atoms with Gasteiger partial charge in [-0.3, -0.25) is 0 Å². The van der Waals surface area contributed by atoms with E-state index >= 15 is 0 Å². The molecule has 0 heterocycles. The van der Waals surface area contributed by atoms with Gasteiger partial charge in [0.05, 0.1) is 6.10 Å². The second-order valence-electron chi connectivity index (χ2n) is 12.0. The van der Waals surface area contributed by atoms with E-state index in [1.54, 1.807) is 0 Å². The third kappa shape index (κ3) is 34.8. The number of rotatable bonds is 34. The van der Waals surface area contributed by atoms with Gasteiger partial charge in [-0.2, -0.15) is 0 Å². The van der Waals surface area contributed by atoms with E-state index in [1.807, 2.05) is 0 Å². The van der Waals surface area contributed by atoms with Crippen LogP contribution in [0.5, 0.6) is 0 Å². The molecule has 0 fully saturated rings. The van der Waals surface area contributed by atoms with Gasteiger partial charge >= 0.3 is 0 Å². The summed E-state index contributed by atoms with van der Waals surface area (Å²) < 4.78 is 0. The first kappa shape index (κ1) is 38.8. The van der Waals surface area contributed by atoms with Gasteiger partial charge in [-0.25, -0.2) is 0 Å². The highest BCUT2D eigenvalue weighted by atomic mass is 16.3. The molecule has 0 bridgehead atoms. The van der Waals surface area contributed by atoms with Crippen molar-refractivity contribution < 1.29 is 14.7 Å². The van der Waals surface area contributed by atoms with Crippen molar-refractivity contribution in [2.75, 3.05) is 0 Å². The maximum absolute atomic E-state index is 10.3. The fourth-order valence-corrected chi connectivity index (χ4v) is 5.35. The van der Waals surface area contributed by atoms with Crippen LogP contribution in [0.3, 0.4) is 0 Å². The summed E-state index contributed by atoms with van der Waals surface area (Å²) in [4.78, 5) is 20.5. The summed E-state index contributed by atoms with van der Waals surface area (Å²) in [7, 11) is 0. The predicted octanol–water partition coefficient (Wildman–Crippen LogP) is 11.6. The van der Waals surface area contributed by atoms with Crippen LogP contribution in [0.2, 0.25) is 0 Å². The van der Waals surface area contributed by atoms with Gasteiger partial charge in [0.1, 0.15) is 12.6 Å². The molecule has 0 atom stereocenters. The molecule has 1 N–H and O–H groups in total. The van der Waals surface area contributed by atoms with Crippen molar-refractivity contribution >= 4 is 12.6 Å². The summed E-state index contributed by atoms with van der Waals surface area (Å²) in [5, 5.41) is 10.3. The van der Waals surface area contributed by atoms with E-state index in [0.717, 1.165) is 51.1 Å². The molecule has 0 amide bonds. The van der Waals surface area contributed by atoms with E-state index in [9.17, 15) is 14.7 Å². The molecule has 234 valence electrons. The number of aliphatic hydroxyl groups is 1. The topological polar surface area (TPSA) is 54.4 Å². The lowest BCUT2D eigenvalue weighted by Gasteiger charge is -2.10. The number of aliphatic hydroxyl groups excluding tert-OH is 1. The van der Waals surface area contributed by atoms with Crippen LogP contribution in [0.25, 0.3) is 0 Å². The SMILES string of the molecule is O=CCCCCCCCC=CCCCCCCCCC(O)CCCCCCCCC=CCCCCCCCC=O. The van der Waals surface area contributed by atoms with Gasteiger partial charge in [0.15, 0.2) is 0 Å². The molecule has 0 aliphatic heterocycles. The molecule has 0 spiro atoms. The quantitative estimate of drug-likeness (QED) is 0.0483. The van der Waals surface area contributed by atoms with Crippen molar-refractivity contribution in [1.29, 1.82) is 0 Å². The Morgan fingerprint density at radius 2 is 0.550 bits per heavy atom. The Morgan fingerprint density at radius 3 is 0.825 bits per heavy atom. The maximum atomic E-state index is 10.3. The van der Waals surface area contributed by atoms with Gasteiger partial charge in [0.2, 0.25) is 0 Å². The number of hydrogen-bond donors (Lipinski definition) is 1. The van der Waals surface area contributed by atoms with Crippen molar-refractivity contribution in [3.8, 4) is 0 Å². The van der Waals surface area contributed by atoms with Crippen LogP contribution < -0.4 is 0 Å². The Bertz CT molecular complexity index is 506. The van der Waals surface area contributed by atoms with Crippen molar-refractivity contribution in [2.24, 2.45) is 0 Å². The van der Waals surface area contributed by atoms with Crippen LogP contribution >= 0.6 is 0 Å². The molecule has 0 aliphatic rings. The number of hydrogen-bond acceptors (Lipinski definition) is 3. The van der Waals surface area contributed by atoms with Gasteiger partial charge in [-0.1, -0.05) is 127 Å². The minimum Gasteiger partial charge on any atom is -0.393 e. The van der Waals surface area contributed by atoms with E-state index in [0.29, 0.717) is 0 Å². The van der Waals surface area contributed by atoms with E-state index < -0.39 is 0 Å². The average molecular weight is 561 g/mol. The van der Waals surface area contributed by atoms with E-state index in [4.69, 9.17) is 0 Å². The van der Waals surface area contributed by atoms with Gasteiger partial charge in [0.25, 0.3) is 0 Å². The summed E-state index contributed by atoms with van der Waals surface area (Å²) >= 11 is 0. The molecule has 3 nitrogen and oxygen atoms in total. The largest absolute Gasteiger partial charge is 0.393 e. The molecule has 0 radical (unpaired) electrons. The molecule has 40 heavy (non-hydrogen) atoms. The number of aldehydes is 2. The van der Waals surface area contributed by atoms with Crippen LogP contribution in [0.4, 0.5) is 0 Å². The zero-order chi connectivity index (χ0) is 29.0. The zero-order valence-corrected chi connectivity index (χ0v) is 26.5. The van der Waals surface area contributed by atoms with Crippen LogP contribution in [0.15, 0.2) is 24.3 Å². The second kappa shape index (κ2) is 35.8. The third-order valence-electron chi connectivity index (χ3n) is 8.04. The Balaban J connectivity index is 3.23. The van der Waals surface area contributed by atoms with Gasteiger partial charge in [-0.05, 0) is 77.0 Å². The fourth-order valence-electron chi connectivity index (χ4n) is 5.35. The van der Waals surface area contributed by atoms with Gasteiger partial charge in [-0.15, -0.1) is 0 Å². The molecule has 0 aliphatic carbocycles. The smallest absolute Gasteiger partial charge is 0.119 e. The number of carbonyl (C=O) groups is 2. The average Bonchev–Trinajstić information content (AvgIpc) is 2.96. The van der Waals surface area contributed by atoms with Crippen LogP contribution in [0, 0.1) is 0 Å². The molecular formula is C37H68O3. The Kier molecular flexibility index (Phi) is 34.7. The Labute approximate surface area is 250 Å². The molecule has 0 aromatic heterocycles. The van der Waals surface area contributed by atoms with E-state index in [-0.39, 0.29) is 6.10 Å². The summed E-state index contributed by atoms with van der Waals surface area (Å²) in [5.74, 6) is 0. The third-order valence-corrected chi connectivity index (χ3v) is 8.04. The van der Waals surface area contributed by atoms with E-state index in [1.165, 1.54) is 154 Å². The number of unbranched alkanes of at least 4 members (excludes halogenated alkanes) is 24. The van der Waals surface area contributed by atoms with Crippen molar-refractivity contribution in [3.05, 3.63) is 24.3 Å². The summed E-state index contributed by atoms with van der Waals surface area (Å²) in [6.45, 7) is 0. The fraction of sp³-hybridized carbons (Fsp3) is 0.838. The molecule has 3 heteroatoms. The summed E-state index contributed by atoms with van der Waals surface area (Å²) in [6.07, 6.45) is 47.5. The molecule has 0 unspecified atom stereocenters. The monoisotopic (exact) mass is 561 g/mol. The highest BCUT2D eigenvalue weighted by molar-refractivity contribution is 5.49. The van der Waals surface area contributed by atoms with Crippen molar-refractivity contribution in [3.63, 3.8) is 0 Å². The first-order valence-corrected chi connectivity index (χ1v) is 17.7. The van der Waals surface area contributed by atoms with Crippen LogP contribution in [0.1, 0.15) is 193 Å².